The summed E-state index contributed by atoms with van der Waals surface area (Å²) in [4.78, 5) is 21.2. The molecule has 0 aliphatic carbocycles. The molecule has 25 heavy (non-hydrogen) atoms. The van der Waals surface area contributed by atoms with Gasteiger partial charge in [0, 0.05) is 24.5 Å². The van der Waals surface area contributed by atoms with Crippen molar-refractivity contribution in [3.05, 3.63) is 51.1 Å². The summed E-state index contributed by atoms with van der Waals surface area (Å²) in [6.07, 6.45) is 0.976. The van der Waals surface area contributed by atoms with Crippen LogP contribution in [0.15, 0.2) is 30.3 Å². The van der Waals surface area contributed by atoms with Crippen LogP contribution in [-0.4, -0.2) is 26.9 Å². The Morgan fingerprint density at radius 3 is 2.92 bits per heavy atom. The molecule has 0 unspecified atom stereocenters. The number of nitrogens with one attached hydrogen (secondary N) is 1. The lowest BCUT2D eigenvalue weighted by atomic mass is 10.0. The van der Waals surface area contributed by atoms with Crippen LogP contribution >= 0.6 is 23.6 Å². The van der Waals surface area contributed by atoms with Crippen molar-refractivity contribution in [3.8, 4) is 0 Å². The van der Waals surface area contributed by atoms with Crippen molar-refractivity contribution in [3.63, 3.8) is 0 Å². The van der Waals surface area contributed by atoms with Crippen molar-refractivity contribution in [1.29, 1.82) is 0 Å². The summed E-state index contributed by atoms with van der Waals surface area (Å²) in [6, 6.07) is 10.6. The Bertz CT molecular complexity index is 1050. The number of amides is 1. The molecular formula is C18H16N4OS2. The summed E-state index contributed by atoms with van der Waals surface area (Å²) in [5.41, 5.74) is 2.67. The molecule has 0 radical (unpaired) electrons. The molecule has 7 heteroatoms. The van der Waals surface area contributed by atoms with Crippen molar-refractivity contribution < 1.29 is 4.79 Å². The first-order valence-corrected chi connectivity index (χ1v) is 9.53. The van der Waals surface area contributed by atoms with E-state index in [1.54, 1.807) is 11.3 Å². The van der Waals surface area contributed by atoms with Crippen LogP contribution in [0, 0.1) is 4.77 Å². The average Bonchev–Trinajstić information content (AvgIpc) is 3.15. The van der Waals surface area contributed by atoms with Gasteiger partial charge in [-0.15, -0.1) is 11.3 Å². The van der Waals surface area contributed by atoms with E-state index in [9.17, 15) is 4.79 Å². The number of anilines is 1. The smallest absolute Gasteiger partial charge is 0.245 e. The normalized spacial score (nSPS) is 16.7. The highest BCUT2D eigenvalue weighted by atomic mass is 32.1. The van der Waals surface area contributed by atoms with Crippen molar-refractivity contribution in [2.75, 3.05) is 11.9 Å². The van der Waals surface area contributed by atoms with Crippen molar-refractivity contribution >= 4 is 45.5 Å². The summed E-state index contributed by atoms with van der Waals surface area (Å²) in [5.74, 6) is 0.830. The summed E-state index contributed by atoms with van der Waals surface area (Å²) >= 11 is 7.08. The number of benzene rings is 1. The Labute approximate surface area is 153 Å². The lowest BCUT2D eigenvalue weighted by Gasteiger charge is -2.27. The van der Waals surface area contributed by atoms with Gasteiger partial charge in [-0.05, 0) is 29.8 Å². The molecule has 2 aromatic heterocycles. The van der Waals surface area contributed by atoms with Crippen LogP contribution in [0.5, 0.6) is 0 Å². The molecular weight excluding hydrogens is 352 g/mol. The third-order valence-electron chi connectivity index (χ3n) is 4.86. The van der Waals surface area contributed by atoms with Gasteiger partial charge in [-0.3, -0.25) is 14.3 Å². The van der Waals surface area contributed by atoms with Gasteiger partial charge >= 0.3 is 0 Å². The minimum absolute atomic E-state index is 0.0122. The van der Waals surface area contributed by atoms with E-state index in [1.165, 1.54) is 16.0 Å². The zero-order chi connectivity index (χ0) is 17.0. The number of nitrogens with zero attached hydrogens (tertiary/aromatic N) is 3. The van der Waals surface area contributed by atoms with Gasteiger partial charge in [0.15, 0.2) is 0 Å². The predicted molar refractivity (Wildman–Crippen MR) is 101 cm³/mol. The second-order valence-corrected chi connectivity index (χ2v) is 7.96. The SMILES string of the molecule is O=C1Cn2c(c3c4c(sc3nc2=S)CN(Cc2ccccc2)CC4)N1. The number of hydrogen-bond acceptors (Lipinski definition) is 5. The molecule has 0 saturated carbocycles. The monoisotopic (exact) mass is 368 g/mol. The molecule has 1 N–H and O–H groups in total. The van der Waals surface area contributed by atoms with Gasteiger partial charge < -0.3 is 5.32 Å². The van der Waals surface area contributed by atoms with E-state index >= 15 is 0 Å². The number of aromatic nitrogens is 2. The molecule has 0 spiro atoms. The lowest BCUT2D eigenvalue weighted by Crippen LogP contribution is -2.29. The maximum atomic E-state index is 11.8. The van der Waals surface area contributed by atoms with Crippen LogP contribution < -0.4 is 5.32 Å². The zero-order valence-corrected chi connectivity index (χ0v) is 15.1. The van der Waals surface area contributed by atoms with Crippen molar-refractivity contribution in [1.82, 2.24) is 14.5 Å². The van der Waals surface area contributed by atoms with Gasteiger partial charge in [0.25, 0.3) is 0 Å². The Morgan fingerprint density at radius 1 is 1.24 bits per heavy atom. The highest BCUT2D eigenvalue weighted by molar-refractivity contribution is 7.71. The first-order valence-electron chi connectivity index (χ1n) is 8.30. The number of rotatable bonds is 2. The molecule has 5 nitrogen and oxygen atoms in total. The molecule has 0 fully saturated rings. The maximum absolute atomic E-state index is 11.8. The average molecular weight is 368 g/mol. The van der Waals surface area contributed by atoms with E-state index in [0.717, 1.165) is 42.1 Å². The zero-order valence-electron chi connectivity index (χ0n) is 13.5. The second-order valence-electron chi connectivity index (χ2n) is 6.51. The number of carbonyl (C=O) groups excluding carboxylic acids is 1. The van der Waals surface area contributed by atoms with E-state index < -0.39 is 0 Å². The highest BCUT2D eigenvalue weighted by Gasteiger charge is 2.28. The van der Waals surface area contributed by atoms with Crippen LogP contribution in [0.3, 0.4) is 0 Å². The minimum atomic E-state index is -0.0122. The van der Waals surface area contributed by atoms with Gasteiger partial charge in [-0.25, -0.2) is 4.98 Å². The van der Waals surface area contributed by atoms with Crippen LogP contribution in [0.2, 0.25) is 0 Å². The van der Waals surface area contributed by atoms with E-state index in [0.29, 0.717) is 4.77 Å². The molecule has 1 amide bonds. The topological polar surface area (TPSA) is 50.2 Å². The van der Waals surface area contributed by atoms with Gasteiger partial charge in [-0.1, -0.05) is 30.3 Å². The number of hydrogen-bond donors (Lipinski definition) is 1. The maximum Gasteiger partial charge on any atom is 0.245 e. The van der Waals surface area contributed by atoms with E-state index in [2.05, 4.69) is 39.5 Å². The summed E-state index contributed by atoms with van der Waals surface area (Å²) < 4.78 is 2.31. The molecule has 126 valence electrons. The minimum Gasteiger partial charge on any atom is -0.310 e. The third kappa shape index (κ3) is 2.50. The predicted octanol–water partition coefficient (Wildman–Crippen LogP) is 3.34. The standard InChI is InChI=1S/C18H16N4OS2/c23-14-10-22-16(19-14)15-12-6-7-21(8-11-4-2-1-3-5-11)9-13(12)25-17(15)20-18(22)24/h1-5H,6-10H2,(H,19,23). The van der Waals surface area contributed by atoms with Crippen molar-refractivity contribution in [2.24, 2.45) is 0 Å². The Balaban J connectivity index is 1.53. The Morgan fingerprint density at radius 2 is 2.08 bits per heavy atom. The van der Waals surface area contributed by atoms with Gasteiger partial charge in [0.2, 0.25) is 10.7 Å². The Hall–Kier alpha value is -2.09. The molecule has 2 aliphatic heterocycles. The van der Waals surface area contributed by atoms with Crippen LogP contribution in [0.1, 0.15) is 16.0 Å². The van der Waals surface area contributed by atoms with E-state index in [1.807, 2.05) is 10.6 Å². The first kappa shape index (κ1) is 15.2. The quantitative estimate of drug-likeness (QED) is 0.705. The van der Waals surface area contributed by atoms with Crippen LogP contribution in [-0.2, 0) is 30.8 Å². The van der Waals surface area contributed by atoms with E-state index in [-0.39, 0.29) is 12.5 Å². The van der Waals surface area contributed by atoms with Gasteiger partial charge in [0.1, 0.15) is 17.2 Å². The van der Waals surface area contributed by atoms with Crippen LogP contribution in [0.25, 0.3) is 10.2 Å². The van der Waals surface area contributed by atoms with Gasteiger partial charge in [-0.2, -0.15) is 0 Å². The van der Waals surface area contributed by atoms with Crippen LogP contribution in [0.4, 0.5) is 5.82 Å². The molecule has 5 rings (SSSR count). The summed E-state index contributed by atoms with van der Waals surface area (Å²) in [5, 5.41) is 4.08. The fourth-order valence-corrected chi connectivity index (χ4v) is 5.28. The third-order valence-corrected chi connectivity index (χ3v) is 6.28. The van der Waals surface area contributed by atoms with E-state index in [4.69, 9.17) is 12.2 Å². The molecule has 2 aliphatic rings. The molecule has 4 heterocycles. The summed E-state index contributed by atoms with van der Waals surface area (Å²) in [6.45, 7) is 3.17. The number of fused-ring (bicyclic) bond motifs is 5. The molecule has 0 atom stereocenters. The lowest BCUT2D eigenvalue weighted by molar-refractivity contribution is -0.115. The molecule has 0 saturated heterocycles. The largest absolute Gasteiger partial charge is 0.310 e. The fraction of sp³-hybridized carbons (Fsp3) is 0.278. The Kier molecular flexibility index (Phi) is 3.48. The van der Waals surface area contributed by atoms with Crippen molar-refractivity contribution in [2.45, 2.75) is 26.1 Å². The first-order chi connectivity index (χ1) is 12.2. The molecule has 1 aromatic carbocycles. The molecule has 3 aromatic rings. The highest BCUT2D eigenvalue weighted by Crippen LogP contribution is 2.39. The second kappa shape index (κ2) is 5.72. The van der Waals surface area contributed by atoms with Gasteiger partial charge in [0.05, 0.1) is 5.39 Å². The summed E-state index contributed by atoms with van der Waals surface area (Å²) in [7, 11) is 0. The fourth-order valence-electron chi connectivity index (χ4n) is 3.71. The molecule has 0 bridgehead atoms. The number of carbonyl (C=O) groups is 1. The number of thiophene rings is 1.